The van der Waals surface area contributed by atoms with Crippen LogP contribution in [0.25, 0.3) is 0 Å². The van der Waals surface area contributed by atoms with E-state index in [-0.39, 0.29) is 6.04 Å². The molecular formula is C24H35N5O3. The molecule has 1 atom stereocenters. The van der Waals surface area contributed by atoms with Crippen molar-refractivity contribution in [2.24, 2.45) is 4.99 Å². The first-order chi connectivity index (χ1) is 15.7. The number of aliphatic imine (C=N–C) groups is 1. The summed E-state index contributed by atoms with van der Waals surface area (Å²) in [6, 6.07) is 12.6. The fraction of sp³-hybridized carbons (Fsp3) is 0.542. The van der Waals surface area contributed by atoms with Gasteiger partial charge in [-0.15, -0.1) is 0 Å². The number of morpholine rings is 1. The molecule has 0 radical (unpaired) electrons. The van der Waals surface area contributed by atoms with E-state index in [9.17, 15) is 0 Å². The first-order valence-corrected chi connectivity index (χ1v) is 11.4. The number of anilines is 1. The largest absolute Gasteiger partial charge is 0.497 e. The Hall–Kier alpha value is -2.71. The number of benzene rings is 1. The van der Waals surface area contributed by atoms with Gasteiger partial charge in [0.05, 0.1) is 26.4 Å². The molecule has 2 saturated heterocycles. The van der Waals surface area contributed by atoms with Crippen molar-refractivity contribution in [2.75, 3.05) is 78.1 Å². The molecule has 0 aliphatic carbocycles. The van der Waals surface area contributed by atoms with Gasteiger partial charge >= 0.3 is 0 Å². The normalized spacial score (nSPS) is 19.2. The molecule has 0 bridgehead atoms. The van der Waals surface area contributed by atoms with E-state index in [2.05, 4.69) is 43.2 Å². The quantitative estimate of drug-likeness (QED) is 0.545. The third-order valence-electron chi connectivity index (χ3n) is 6.26. The van der Waals surface area contributed by atoms with Gasteiger partial charge in [-0.05, 0) is 43.3 Å². The summed E-state index contributed by atoms with van der Waals surface area (Å²) in [6.07, 6.45) is 0. The Bertz CT molecular complexity index is 868. The summed E-state index contributed by atoms with van der Waals surface area (Å²) in [6.45, 7) is 9.84. The zero-order valence-corrected chi connectivity index (χ0v) is 19.4. The summed E-state index contributed by atoms with van der Waals surface area (Å²) in [4.78, 5) is 11.8. The van der Waals surface area contributed by atoms with E-state index in [0.29, 0.717) is 0 Å². The topological polar surface area (TPSA) is 65.7 Å². The Balaban J connectivity index is 1.35. The minimum absolute atomic E-state index is 0.157. The monoisotopic (exact) mass is 441 g/mol. The molecule has 2 aliphatic heterocycles. The maximum atomic E-state index is 6.00. The lowest BCUT2D eigenvalue weighted by atomic mass is 10.1. The van der Waals surface area contributed by atoms with E-state index in [1.54, 1.807) is 7.11 Å². The second-order valence-electron chi connectivity index (χ2n) is 8.21. The highest BCUT2D eigenvalue weighted by Crippen LogP contribution is 2.24. The van der Waals surface area contributed by atoms with E-state index in [1.807, 2.05) is 32.2 Å². The fourth-order valence-electron chi connectivity index (χ4n) is 4.42. The van der Waals surface area contributed by atoms with Crippen LogP contribution in [0.5, 0.6) is 5.75 Å². The van der Waals surface area contributed by atoms with Crippen molar-refractivity contribution in [1.29, 1.82) is 0 Å². The lowest BCUT2D eigenvalue weighted by Gasteiger charge is -2.39. The Morgan fingerprint density at radius 1 is 1.03 bits per heavy atom. The maximum absolute atomic E-state index is 6.00. The molecule has 0 amide bonds. The van der Waals surface area contributed by atoms with Gasteiger partial charge < -0.3 is 29.0 Å². The second kappa shape index (κ2) is 10.7. The van der Waals surface area contributed by atoms with Gasteiger partial charge in [0.25, 0.3) is 0 Å². The van der Waals surface area contributed by atoms with Crippen molar-refractivity contribution >= 4 is 11.6 Å². The Kier molecular flexibility index (Phi) is 7.55. The number of aryl methyl sites for hydroxylation is 1. The van der Waals surface area contributed by atoms with E-state index >= 15 is 0 Å². The molecule has 1 aromatic carbocycles. The van der Waals surface area contributed by atoms with Crippen molar-refractivity contribution in [3.8, 4) is 5.75 Å². The molecule has 1 unspecified atom stereocenters. The number of rotatable bonds is 6. The molecule has 0 saturated carbocycles. The Morgan fingerprint density at radius 2 is 1.75 bits per heavy atom. The number of hydrogen-bond donors (Lipinski definition) is 1. The zero-order valence-electron chi connectivity index (χ0n) is 19.4. The Morgan fingerprint density at radius 3 is 2.34 bits per heavy atom. The van der Waals surface area contributed by atoms with Crippen LogP contribution in [0.3, 0.4) is 0 Å². The number of nitrogens with one attached hydrogen (secondary N) is 1. The third kappa shape index (κ3) is 5.37. The summed E-state index contributed by atoms with van der Waals surface area (Å²) in [5.41, 5.74) is 1.23. The number of nitrogens with zero attached hydrogens (tertiary/aromatic N) is 4. The van der Waals surface area contributed by atoms with Gasteiger partial charge in [0.15, 0.2) is 5.96 Å². The summed E-state index contributed by atoms with van der Waals surface area (Å²) in [5, 5.41) is 3.61. The molecule has 174 valence electrons. The molecule has 2 aromatic rings. The molecule has 1 N–H and O–H groups in total. The average molecular weight is 442 g/mol. The van der Waals surface area contributed by atoms with E-state index in [1.165, 1.54) is 5.69 Å². The van der Waals surface area contributed by atoms with Crippen molar-refractivity contribution in [3.63, 3.8) is 0 Å². The van der Waals surface area contributed by atoms with Gasteiger partial charge in [0.2, 0.25) is 0 Å². The number of methoxy groups -OCH3 is 1. The number of furan rings is 1. The van der Waals surface area contributed by atoms with Gasteiger partial charge in [0.1, 0.15) is 17.3 Å². The first-order valence-electron chi connectivity index (χ1n) is 11.4. The highest BCUT2D eigenvalue weighted by atomic mass is 16.5. The van der Waals surface area contributed by atoms with Gasteiger partial charge in [-0.3, -0.25) is 9.89 Å². The third-order valence-corrected chi connectivity index (χ3v) is 6.26. The molecule has 8 heteroatoms. The van der Waals surface area contributed by atoms with Crippen molar-refractivity contribution in [1.82, 2.24) is 15.1 Å². The zero-order chi connectivity index (χ0) is 22.3. The van der Waals surface area contributed by atoms with Crippen LogP contribution < -0.4 is 15.0 Å². The minimum Gasteiger partial charge on any atom is -0.497 e. The molecule has 8 nitrogen and oxygen atoms in total. The SMILES string of the molecule is CN=C(NCC(c1ccc(C)o1)N1CCOCC1)N1CCN(c2ccc(OC)cc2)CC1. The van der Waals surface area contributed by atoms with Crippen molar-refractivity contribution in [2.45, 2.75) is 13.0 Å². The van der Waals surface area contributed by atoms with Crippen LogP contribution in [-0.2, 0) is 4.74 Å². The number of hydrogen-bond acceptors (Lipinski definition) is 6. The average Bonchev–Trinajstić information content (AvgIpc) is 3.28. The van der Waals surface area contributed by atoms with Gasteiger partial charge in [-0.2, -0.15) is 0 Å². The van der Waals surface area contributed by atoms with Gasteiger partial charge in [-0.25, -0.2) is 0 Å². The standard InChI is InChI=1S/C24H35N5O3/c1-19-4-9-23(32-19)22(28-14-16-31-17-15-28)18-26-24(25-2)29-12-10-27(11-13-29)20-5-7-21(30-3)8-6-20/h4-9,22H,10-18H2,1-3H3,(H,25,26). The highest BCUT2D eigenvalue weighted by molar-refractivity contribution is 5.80. The molecule has 0 spiro atoms. The fourth-order valence-corrected chi connectivity index (χ4v) is 4.42. The first kappa shape index (κ1) is 22.5. The number of piperazine rings is 1. The molecule has 32 heavy (non-hydrogen) atoms. The summed E-state index contributed by atoms with van der Waals surface area (Å²) in [5.74, 6) is 3.77. The van der Waals surface area contributed by atoms with Crippen LogP contribution in [-0.4, -0.2) is 88.9 Å². The highest BCUT2D eigenvalue weighted by Gasteiger charge is 2.27. The number of guanidine groups is 1. The summed E-state index contributed by atoms with van der Waals surface area (Å²) < 4.78 is 16.8. The molecule has 2 aliphatic rings. The summed E-state index contributed by atoms with van der Waals surface area (Å²) in [7, 11) is 3.56. The van der Waals surface area contributed by atoms with Gasteiger partial charge in [-0.1, -0.05) is 0 Å². The Labute approximate surface area is 190 Å². The maximum Gasteiger partial charge on any atom is 0.193 e. The molecule has 3 heterocycles. The van der Waals surface area contributed by atoms with Crippen molar-refractivity contribution in [3.05, 3.63) is 47.9 Å². The smallest absolute Gasteiger partial charge is 0.193 e. The van der Waals surface area contributed by atoms with E-state index in [0.717, 1.165) is 82.3 Å². The van der Waals surface area contributed by atoms with Crippen LogP contribution in [0.15, 0.2) is 45.8 Å². The molecular weight excluding hydrogens is 406 g/mol. The van der Waals surface area contributed by atoms with E-state index in [4.69, 9.17) is 13.9 Å². The van der Waals surface area contributed by atoms with Crippen LogP contribution >= 0.6 is 0 Å². The van der Waals surface area contributed by atoms with Crippen LogP contribution in [0.1, 0.15) is 17.6 Å². The second-order valence-corrected chi connectivity index (χ2v) is 8.21. The lowest BCUT2D eigenvalue weighted by Crippen LogP contribution is -2.54. The van der Waals surface area contributed by atoms with Crippen LogP contribution in [0.2, 0.25) is 0 Å². The minimum atomic E-state index is 0.157. The number of ether oxygens (including phenoxy) is 2. The van der Waals surface area contributed by atoms with Crippen LogP contribution in [0, 0.1) is 6.92 Å². The van der Waals surface area contributed by atoms with Gasteiger partial charge in [0, 0.05) is 58.5 Å². The van der Waals surface area contributed by atoms with E-state index < -0.39 is 0 Å². The molecule has 1 aromatic heterocycles. The summed E-state index contributed by atoms with van der Waals surface area (Å²) >= 11 is 0. The molecule has 4 rings (SSSR count). The predicted octanol–water partition coefficient (Wildman–Crippen LogP) is 2.37. The molecule has 2 fully saturated rings. The van der Waals surface area contributed by atoms with Crippen molar-refractivity contribution < 1.29 is 13.9 Å². The lowest BCUT2D eigenvalue weighted by molar-refractivity contribution is 0.0123. The predicted molar refractivity (Wildman–Crippen MR) is 127 cm³/mol. The van der Waals surface area contributed by atoms with Crippen LogP contribution in [0.4, 0.5) is 5.69 Å².